The smallest absolute Gasteiger partial charge is 0.225 e. The summed E-state index contributed by atoms with van der Waals surface area (Å²) in [7, 11) is 1.78. The molecule has 28 heavy (non-hydrogen) atoms. The predicted molar refractivity (Wildman–Crippen MR) is 108 cm³/mol. The molecule has 2 aromatic rings. The highest BCUT2D eigenvalue weighted by Crippen LogP contribution is 2.27. The molecule has 0 spiro atoms. The fourth-order valence-electron chi connectivity index (χ4n) is 4.25. The molecule has 1 aliphatic heterocycles. The van der Waals surface area contributed by atoms with Crippen molar-refractivity contribution < 1.29 is 4.79 Å². The van der Waals surface area contributed by atoms with Crippen LogP contribution in [0.3, 0.4) is 0 Å². The van der Waals surface area contributed by atoms with Gasteiger partial charge in [0.1, 0.15) is 5.82 Å². The summed E-state index contributed by atoms with van der Waals surface area (Å²) in [5, 5.41) is 15.2. The third-order valence-corrected chi connectivity index (χ3v) is 5.79. The van der Waals surface area contributed by atoms with Crippen LogP contribution in [-0.4, -0.2) is 64.1 Å². The van der Waals surface area contributed by atoms with Gasteiger partial charge in [-0.2, -0.15) is 0 Å². The quantitative estimate of drug-likeness (QED) is 0.599. The lowest BCUT2D eigenvalue weighted by Crippen LogP contribution is -2.46. The van der Waals surface area contributed by atoms with Crippen molar-refractivity contribution in [3.05, 3.63) is 30.2 Å². The van der Waals surface area contributed by atoms with Gasteiger partial charge in [-0.15, -0.1) is 10.2 Å². The number of rotatable bonds is 5. The molecule has 8 nitrogen and oxygen atoms in total. The van der Waals surface area contributed by atoms with Crippen molar-refractivity contribution in [1.29, 1.82) is 0 Å². The van der Waals surface area contributed by atoms with Crippen molar-refractivity contribution in [3.8, 4) is 0 Å². The van der Waals surface area contributed by atoms with Gasteiger partial charge in [0, 0.05) is 51.3 Å². The van der Waals surface area contributed by atoms with Crippen molar-refractivity contribution in [1.82, 2.24) is 30.1 Å². The third-order valence-electron chi connectivity index (χ3n) is 5.79. The Hall–Kier alpha value is -2.64. The van der Waals surface area contributed by atoms with Gasteiger partial charge in [-0.1, -0.05) is 18.9 Å². The predicted octanol–water partition coefficient (Wildman–Crippen LogP) is 1.23. The Morgan fingerprint density at radius 3 is 2.93 bits per heavy atom. The van der Waals surface area contributed by atoms with Gasteiger partial charge in [0.15, 0.2) is 11.6 Å². The monoisotopic (exact) mass is 383 g/mol. The van der Waals surface area contributed by atoms with Crippen LogP contribution in [0, 0.1) is 5.92 Å². The van der Waals surface area contributed by atoms with E-state index in [0.29, 0.717) is 12.5 Å². The van der Waals surface area contributed by atoms with Crippen LogP contribution in [0.5, 0.6) is 0 Å². The number of nitrogens with one attached hydrogen (secondary N) is 2. The molecule has 1 unspecified atom stereocenters. The Morgan fingerprint density at radius 1 is 1.25 bits per heavy atom. The number of pyridine rings is 1. The molecule has 150 valence electrons. The van der Waals surface area contributed by atoms with Gasteiger partial charge in [0.25, 0.3) is 0 Å². The minimum atomic E-state index is 0.255. The summed E-state index contributed by atoms with van der Waals surface area (Å²) in [5.41, 5.74) is 0.859. The van der Waals surface area contributed by atoms with Crippen molar-refractivity contribution in [3.63, 3.8) is 0 Å². The van der Waals surface area contributed by atoms with Gasteiger partial charge in [-0.25, -0.2) is 0 Å². The van der Waals surface area contributed by atoms with Crippen molar-refractivity contribution >= 4 is 17.5 Å². The second-order valence-electron chi connectivity index (χ2n) is 7.69. The molecule has 1 amide bonds. The average Bonchev–Trinajstić information content (AvgIpc) is 3.48. The number of hydrogen-bond donors (Lipinski definition) is 2. The Morgan fingerprint density at radius 2 is 2.11 bits per heavy atom. The molecule has 2 aliphatic rings. The number of aliphatic imine (C=N–C) groups is 1. The number of guanidine groups is 1. The van der Waals surface area contributed by atoms with E-state index in [9.17, 15) is 4.79 Å². The SMILES string of the molecule is CN=C(NCCc1nnc2ccccn12)NC1CCN(C(=O)C2CCCC2)C1. The minimum absolute atomic E-state index is 0.255. The molecule has 3 heterocycles. The van der Waals surface area contributed by atoms with E-state index in [-0.39, 0.29) is 12.0 Å². The molecule has 4 rings (SSSR count). The highest BCUT2D eigenvalue weighted by Gasteiger charge is 2.32. The molecule has 2 aromatic heterocycles. The van der Waals surface area contributed by atoms with E-state index in [4.69, 9.17) is 0 Å². The Kier molecular flexibility index (Phi) is 5.73. The topological polar surface area (TPSA) is 86.9 Å². The summed E-state index contributed by atoms with van der Waals surface area (Å²) < 4.78 is 2.00. The highest BCUT2D eigenvalue weighted by atomic mass is 16.2. The second-order valence-corrected chi connectivity index (χ2v) is 7.69. The lowest BCUT2D eigenvalue weighted by atomic mass is 10.1. The van der Waals surface area contributed by atoms with Crippen molar-refractivity contribution in [2.24, 2.45) is 10.9 Å². The zero-order valence-corrected chi connectivity index (χ0v) is 16.5. The first-order valence-corrected chi connectivity index (χ1v) is 10.3. The third kappa shape index (κ3) is 4.10. The summed E-state index contributed by atoms with van der Waals surface area (Å²) in [6.07, 6.45) is 8.22. The number of likely N-dealkylation sites (tertiary alicyclic amines) is 1. The van der Waals surface area contributed by atoms with Gasteiger partial charge >= 0.3 is 0 Å². The number of amides is 1. The minimum Gasteiger partial charge on any atom is -0.356 e. The van der Waals surface area contributed by atoms with Crippen LogP contribution in [-0.2, 0) is 11.2 Å². The Bertz CT molecular complexity index is 840. The van der Waals surface area contributed by atoms with E-state index in [1.807, 2.05) is 33.7 Å². The first-order chi connectivity index (χ1) is 13.7. The number of hydrogen-bond acceptors (Lipinski definition) is 4. The summed E-state index contributed by atoms with van der Waals surface area (Å²) in [4.78, 5) is 19.0. The summed E-state index contributed by atoms with van der Waals surface area (Å²) in [6, 6.07) is 6.14. The van der Waals surface area contributed by atoms with Gasteiger partial charge < -0.3 is 15.5 Å². The summed E-state index contributed by atoms with van der Waals surface area (Å²) >= 11 is 0. The molecule has 0 aromatic carbocycles. The molecule has 1 aliphatic carbocycles. The first kappa shape index (κ1) is 18.7. The molecular weight excluding hydrogens is 354 g/mol. The zero-order chi connectivity index (χ0) is 19.3. The molecule has 8 heteroatoms. The van der Waals surface area contributed by atoms with E-state index in [0.717, 1.165) is 56.2 Å². The fourth-order valence-corrected chi connectivity index (χ4v) is 4.25. The van der Waals surface area contributed by atoms with Gasteiger partial charge in [-0.05, 0) is 31.4 Å². The molecular formula is C20H29N7O. The maximum atomic E-state index is 12.6. The van der Waals surface area contributed by atoms with Crippen LogP contribution in [0.25, 0.3) is 5.65 Å². The van der Waals surface area contributed by atoms with Gasteiger partial charge in [0.05, 0.1) is 0 Å². The van der Waals surface area contributed by atoms with E-state index >= 15 is 0 Å². The van der Waals surface area contributed by atoms with Crippen LogP contribution in [0.2, 0.25) is 0 Å². The number of aromatic nitrogens is 3. The molecule has 1 saturated carbocycles. The molecule has 1 saturated heterocycles. The number of nitrogens with zero attached hydrogens (tertiary/aromatic N) is 5. The maximum Gasteiger partial charge on any atom is 0.225 e. The number of carbonyl (C=O) groups excluding carboxylic acids is 1. The molecule has 0 radical (unpaired) electrons. The van der Waals surface area contributed by atoms with E-state index in [2.05, 4.69) is 25.8 Å². The van der Waals surface area contributed by atoms with Crippen LogP contribution in [0.15, 0.2) is 29.4 Å². The molecule has 0 bridgehead atoms. The lowest BCUT2D eigenvalue weighted by molar-refractivity contribution is -0.134. The maximum absolute atomic E-state index is 12.6. The summed E-state index contributed by atoms with van der Waals surface area (Å²) in [6.45, 7) is 2.33. The van der Waals surface area contributed by atoms with E-state index in [1.165, 1.54) is 12.8 Å². The van der Waals surface area contributed by atoms with Crippen LogP contribution in [0.4, 0.5) is 0 Å². The number of carbonyl (C=O) groups is 1. The van der Waals surface area contributed by atoms with Crippen LogP contribution < -0.4 is 10.6 Å². The Labute approximate surface area is 165 Å². The van der Waals surface area contributed by atoms with Gasteiger partial charge in [0.2, 0.25) is 5.91 Å². The van der Waals surface area contributed by atoms with Crippen molar-refractivity contribution in [2.45, 2.75) is 44.6 Å². The zero-order valence-electron chi connectivity index (χ0n) is 16.5. The fraction of sp³-hybridized carbons (Fsp3) is 0.600. The average molecular weight is 384 g/mol. The van der Waals surface area contributed by atoms with E-state index in [1.54, 1.807) is 7.05 Å². The molecule has 2 fully saturated rings. The molecule has 1 atom stereocenters. The van der Waals surface area contributed by atoms with Crippen LogP contribution in [0.1, 0.15) is 37.9 Å². The van der Waals surface area contributed by atoms with Crippen molar-refractivity contribution in [2.75, 3.05) is 26.7 Å². The van der Waals surface area contributed by atoms with E-state index < -0.39 is 0 Å². The highest BCUT2D eigenvalue weighted by molar-refractivity contribution is 5.81. The second kappa shape index (κ2) is 8.58. The first-order valence-electron chi connectivity index (χ1n) is 10.3. The Balaban J connectivity index is 1.24. The standard InChI is InChI=1S/C20H29N7O/c1-21-20(22-11-9-18-25-24-17-8-4-5-12-27(17)18)23-16-10-13-26(14-16)19(28)15-6-2-3-7-15/h4-5,8,12,15-16H,2-3,6-7,9-11,13-14H2,1H3,(H2,21,22,23). The van der Waals surface area contributed by atoms with Crippen LogP contribution >= 0.6 is 0 Å². The normalized spacial score (nSPS) is 20.8. The lowest BCUT2D eigenvalue weighted by Gasteiger charge is -2.21. The largest absolute Gasteiger partial charge is 0.356 e. The van der Waals surface area contributed by atoms with Gasteiger partial charge in [-0.3, -0.25) is 14.2 Å². The summed E-state index contributed by atoms with van der Waals surface area (Å²) in [5.74, 6) is 2.30. The molecule has 2 N–H and O–H groups in total. The number of fused-ring (bicyclic) bond motifs is 1.